The van der Waals surface area contributed by atoms with Gasteiger partial charge in [-0.15, -0.1) is 0 Å². The van der Waals surface area contributed by atoms with Crippen molar-refractivity contribution in [3.63, 3.8) is 0 Å². The molecule has 0 aliphatic carbocycles. The Hall–Kier alpha value is -1.75. The zero-order valence-electron chi connectivity index (χ0n) is 7.71. The van der Waals surface area contributed by atoms with Crippen molar-refractivity contribution >= 4 is 0 Å². The number of rotatable bonds is 2. The SMILES string of the molecule is NCc1coc(-c2cc(F)cc(F)c2)n1. The standard InChI is InChI=1S/C10H8F2N2O/c11-7-1-6(2-8(12)3-7)10-14-9(4-13)5-15-10/h1-3,5H,4,13H2. The Bertz CT molecular complexity index is 462. The van der Waals surface area contributed by atoms with E-state index < -0.39 is 11.6 Å². The number of aromatic nitrogens is 1. The highest BCUT2D eigenvalue weighted by Crippen LogP contribution is 2.20. The molecule has 0 amide bonds. The Morgan fingerprint density at radius 3 is 2.40 bits per heavy atom. The van der Waals surface area contributed by atoms with Crippen molar-refractivity contribution in [3.8, 4) is 11.5 Å². The van der Waals surface area contributed by atoms with Gasteiger partial charge in [0.2, 0.25) is 5.89 Å². The average molecular weight is 210 g/mol. The van der Waals surface area contributed by atoms with Gasteiger partial charge in [0.25, 0.3) is 0 Å². The van der Waals surface area contributed by atoms with Crippen LogP contribution >= 0.6 is 0 Å². The van der Waals surface area contributed by atoms with Gasteiger partial charge in [0.05, 0.1) is 5.69 Å². The van der Waals surface area contributed by atoms with Gasteiger partial charge in [-0.05, 0) is 12.1 Å². The molecule has 0 radical (unpaired) electrons. The maximum atomic E-state index is 12.9. The topological polar surface area (TPSA) is 52.0 Å². The van der Waals surface area contributed by atoms with Crippen LogP contribution in [0, 0.1) is 11.6 Å². The van der Waals surface area contributed by atoms with Crippen LogP contribution < -0.4 is 5.73 Å². The minimum Gasteiger partial charge on any atom is -0.444 e. The molecular formula is C10H8F2N2O. The quantitative estimate of drug-likeness (QED) is 0.825. The normalized spacial score (nSPS) is 10.6. The third kappa shape index (κ3) is 2.02. The van der Waals surface area contributed by atoms with E-state index in [1.165, 1.54) is 6.26 Å². The molecule has 0 aliphatic heterocycles. The molecule has 78 valence electrons. The van der Waals surface area contributed by atoms with E-state index in [1.54, 1.807) is 0 Å². The van der Waals surface area contributed by atoms with E-state index in [4.69, 9.17) is 10.2 Å². The lowest BCUT2D eigenvalue weighted by atomic mass is 10.2. The summed E-state index contributed by atoms with van der Waals surface area (Å²) in [5.74, 6) is -1.18. The average Bonchev–Trinajstić information content (AvgIpc) is 2.64. The van der Waals surface area contributed by atoms with E-state index in [2.05, 4.69) is 4.98 Å². The van der Waals surface area contributed by atoms with Crippen LogP contribution in [0.3, 0.4) is 0 Å². The summed E-state index contributed by atoms with van der Waals surface area (Å²) in [4.78, 5) is 3.96. The summed E-state index contributed by atoms with van der Waals surface area (Å²) in [5.41, 5.74) is 6.12. The number of hydrogen-bond acceptors (Lipinski definition) is 3. The Labute approximate surface area is 84.5 Å². The Balaban J connectivity index is 2.44. The minimum absolute atomic E-state index is 0.161. The highest BCUT2D eigenvalue weighted by atomic mass is 19.1. The molecule has 2 aromatic rings. The van der Waals surface area contributed by atoms with Gasteiger partial charge >= 0.3 is 0 Å². The van der Waals surface area contributed by atoms with Crippen molar-refractivity contribution < 1.29 is 13.2 Å². The van der Waals surface area contributed by atoms with Gasteiger partial charge < -0.3 is 10.2 Å². The van der Waals surface area contributed by atoms with Crippen molar-refractivity contribution in [1.29, 1.82) is 0 Å². The fourth-order valence-electron chi connectivity index (χ4n) is 1.21. The van der Waals surface area contributed by atoms with Gasteiger partial charge in [-0.1, -0.05) is 0 Å². The van der Waals surface area contributed by atoms with Crippen LogP contribution in [0.25, 0.3) is 11.5 Å². The summed E-state index contributed by atoms with van der Waals surface area (Å²) in [7, 11) is 0. The summed E-state index contributed by atoms with van der Waals surface area (Å²) in [6.07, 6.45) is 1.36. The number of nitrogens with zero attached hydrogens (tertiary/aromatic N) is 1. The molecule has 0 bridgehead atoms. The van der Waals surface area contributed by atoms with Gasteiger partial charge in [0.15, 0.2) is 0 Å². The zero-order valence-corrected chi connectivity index (χ0v) is 7.71. The molecule has 0 spiro atoms. The first-order chi connectivity index (χ1) is 7.19. The smallest absolute Gasteiger partial charge is 0.226 e. The van der Waals surface area contributed by atoms with Gasteiger partial charge in [-0.2, -0.15) is 0 Å². The highest BCUT2D eigenvalue weighted by molar-refractivity contribution is 5.53. The monoisotopic (exact) mass is 210 g/mol. The number of benzene rings is 1. The largest absolute Gasteiger partial charge is 0.444 e. The van der Waals surface area contributed by atoms with Crippen LogP contribution in [0.2, 0.25) is 0 Å². The van der Waals surface area contributed by atoms with E-state index in [0.29, 0.717) is 5.69 Å². The van der Waals surface area contributed by atoms with Crippen molar-refractivity contribution in [2.75, 3.05) is 0 Å². The molecule has 5 heteroatoms. The highest BCUT2D eigenvalue weighted by Gasteiger charge is 2.08. The number of nitrogens with two attached hydrogens (primary N) is 1. The predicted octanol–water partition coefficient (Wildman–Crippen LogP) is 2.08. The maximum absolute atomic E-state index is 12.9. The third-order valence-corrected chi connectivity index (χ3v) is 1.87. The van der Waals surface area contributed by atoms with Gasteiger partial charge in [0, 0.05) is 18.2 Å². The van der Waals surface area contributed by atoms with Crippen LogP contribution in [-0.4, -0.2) is 4.98 Å². The molecule has 0 saturated heterocycles. The van der Waals surface area contributed by atoms with E-state index >= 15 is 0 Å². The minimum atomic E-state index is -0.669. The molecule has 1 aromatic carbocycles. The van der Waals surface area contributed by atoms with Crippen molar-refractivity contribution in [1.82, 2.24) is 4.98 Å². The molecule has 0 aliphatic rings. The Morgan fingerprint density at radius 1 is 1.20 bits per heavy atom. The van der Waals surface area contributed by atoms with E-state index in [1.807, 2.05) is 0 Å². The molecule has 2 N–H and O–H groups in total. The summed E-state index contributed by atoms with van der Waals surface area (Å²) < 4.78 is 30.8. The lowest BCUT2D eigenvalue weighted by Crippen LogP contribution is -1.95. The second kappa shape index (κ2) is 3.78. The molecule has 0 unspecified atom stereocenters. The number of halogens is 2. The fraction of sp³-hybridized carbons (Fsp3) is 0.100. The van der Waals surface area contributed by atoms with Crippen LogP contribution in [-0.2, 0) is 6.54 Å². The molecule has 15 heavy (non-hydrogen) atoms. The predicted molar refractivity (Wildman–Crippen MR) is 49.7 cm³/mol. The first-order valence-corrected chi connectivity index (χ1v) is 4.30. The van der Waals surface area contributed by atoms with Crippen LogP contribution in [0.5, 0.6) is 0 Å². The van der Waals surface area contributed by atoms with Crippen molar-refractivity contribution in [2.24, 2.45) is 5.73 Å². The van der Waals surface area contributed by atoms with Gasteiger partial charge in [0.1, 0.15) is 17.9 Å². The van der Waals surface area contributed by atoms with Gasteiger partial charge in [-0.3, -0.25) is 0 Å². The number of hydrogen-bond donors (Lipinski definition) is 1. The molecule has 3 nitrogen and oxygen atoms in total. The lowest BCUT2D eigenvalue weighted by molar-refractivity contribution is 0.562. The molecule has 1 heterocycles. The van der Waals surface area contributed by atoms with Crippen LogP contribution in [0.15, 0.2) is 28.9 Å². The summed E-state index contributed by atoms with van der Waals surface area (Å²) >= 11 is 0. The Kier molecular flexibility index (Phi) is 2.47. The third-order valence-electron chi connectivity index (χ3n) is 1.87. The second-order valence-corrected chi connectivity index (χ2v) is 3.01. The van der Waals surface area contributed by atoms with Crippen molar-refractivity contribution in [3.05, 3.63) is 41.8 Å². The second-order valence-electron chi connectivity index (χ2n) is 3.01. The summed E-state index contributed by atoms with van der Waals surface area (Å²) in [6.45, 7) is 0.224. The first kappa shape index (κ1) is 9.79. The molecule has 0 atom stereocenters. The lowest BCUT2D eigenvalue weighted by Gasteiger charge is -1.96. The zero-order chi connectivity index (χ0) is 10.8. The molecular weight excluding hydrogens is 202 g/mol. The maximum Gasteiger partial charge on any atom is 0.226 e. The van der Waals surface area contributed by atoms with E-state index in [9.17, 15) is 8.78 Å². The Morgan fingerprint density at radius 2 is 1.87 bits per heavy atom. The molecule has 0 saturated carbocycles. The van der Waals surface area contributed by atoms with Crippen LogP contribution in [0.1, 0.15) is 5.69 Å². The number of oxazole rings is 1. The summed E-state index contributed by atoms with van der Waals surface area (Å²) in [6, 6.07) is 3.08. The van der Waals surface area contributed by atoms with Crippen molar-refractivity contribution in [2.45, 2.75) is 6.54 Å². The van der Waals surface area contributed by atoms with Crippen LogP contribution in [0.4, 0.5) is 8.78 Å². The van der Waals surface area contributed by atoms with Gasteiger partial charge in [-0.25, -0.2) is 13.8 Å². The summed E-state index contributed by atoms with van der Waals surface area (Å²) in [5, 5.41) is 0. The first-order valence-electron chi connectivity index (χ1n) is 4.30. The molecule has 0 fully saturated rings. The fourth-order valence-corrected chi connectivity index (χ4v) is 1.21. The van der Waals surface area contributed by atoms with E-state index in [0.717, 1.165) is 18.2 Å². The van der Waals surface area contributed by atoms with E-state index in [-0.39, 0.29) is 18.0 Å². The molecule has 2 rings (SSSR count). The molecule has 1 aromatic heterocycles.